The van der Waals surface area contributed by atoms with Crippen molar-refractivity contribution in [2.45, 2.75) is 33.6 Å². The molecule has 3 heterocycles. The highest BCUT2D eigenvalue weighted by Crippen LogP contribution is 2.25. The van der Waals surface area contributed by atoms with Crippen molar-refractivity contribution in [1.29, 1.82) is 0 Å². The topological polar surface area (TPSA) is 68.5 Å². The Hall–Kier alpha value is -2.41. The van der Waals surface area contributed by atoms with Crippen LogP contribution in [0.5, 0.6) is 5.75 Å². The number of ether oxygens (including phenoxy) is 1. The number of imidazole rings is 1. The third-order valence-corrected chi connectivity index (χ3v) is 4.41. The molecule has 7 heteroatoms. The van der Waals surface area contributed by atoms with Crippen molar-refractivity contribution >= 4 is 28.0 Å². The Morgan fingerprint density at radius 2 is 2.21 bits per heavy atom. The molecule has 3 rings (SSSR count). The standard InChI is InChI=1S/C17H20N4O2S/c1-5-23-13-7-6-8-21-14(11(4)18-15(13)21)16(22)20-17-19-12(9-24-17)10(2)3/h6-10H,5H2,1-4H3,(H,19,20,22). The zero-order valence-corrected chi connectivity index (χ0v) is 15.0. The maximum atomic E-state index is 12.7. The number of anilines is 1. The summed E-state index contributed by atoms with van der Waals surface area (Å²) in [6.45, 7) is 8.43. The highest BCUT2D eigenvalue weighted by molar-refractivity contribution is 7.14. The van der Waals surface area contributed by atoms with E-state index >= 15 is 0 Å². The Balaban J connectivity index is 1.94. The van der Waals surface area contributed by atoms with Crippen LogP contribution in [0.15, 0.2) is 23.7 Å². The minimum atomic E-state index is -0.224. The first kappa shape index (κ1) is 16.4. The Labute approximate surface area is 144 Å². The molecular formula is C17H20N4O2S. The van der Waals surface area contributed by atoms with Crippen LogP contribution in [-0.2, 0) is 0 Å². The number of carbonyl (C=O) groups is 1. The van der Waals surface area contributed by atoms with Gasteiger partial charge in [0.2, 0.25) is 0 Å². The molecule has 0 spiro atoms. The zero-order valence-electron chi connectivity index (χ0n) is 14.2. The third-order valence-electron chi connectivity index (χ3n) is 3.64. The number of carbonyl (C=O) groups excluding carboxylic acids is 1. The molecule has 1 N–H and O–H groups in total. The van der Waals surface area contributed by atoms with Gasteiger partial charge in [-0.15, -0.1) is 11.3 Å². The zero-order chi connectivity index (χ0) is 17.3. The lowest BCUT2D eigenvalue weighted by atomic mass is 10.2. The maximum absolute atomic E-state index is 12.7. The quantitative estimate of drug-likeness (QED) is 0.763. The van der Waals surface area contributed by atoms with Crippen LogP contribution in [0, 0.1) is 6.92 Å². The predicted molar refractivity (Wildman–Crippen MR) is 95.3 cm³/mol. The van der Waals surface area contributed by atoms with Crippen LogP contribution >= 0.6 is 11.3 Å². The number of aromatic nitrogens is 3. The van der Waals surface area contributed by atoms with E-state index in [1.54, 1.807) is 4.40 Å². The molecule has 0 aliphatic rings. The Morgan fingerprint density at radius 1 is 1.42 bits per heavy atom. The van der Waals surface area contributed by atoms with E-state index in [1.807, 2.05) is 37.6 Å². The van der Waals surface area contributed by atoms with Crippen LogP contribution in [0.2, 0.25) is 0 Å². The summed E-state index contributed by atoms with van der Waals surface area (Å²) in [6, 6.07) is 3.69. The Kier molecular flexibility index (Phi) is 4.53. The SMILES string of the molecule is CCOc1cccn2c(C(=O)Nc3nc(C(C)C)cs3)c(C)nc12. The summed E-state index contributed by atoms with van der Waals surface area (Å²) in [4.78, 5) is 21.6. The molecule has 0 bridgehead atoms. The van der Waals surface area contributed by atoms with E-state index in [1.165, 1.54) is 11.3 Å². The molecular weight excluding hydrogens is 324 g/mol. The molecule has 6 nitrogen and oxygen atoms in total. The molecule has 3 aromatic heterocycles. The van der Waals surface area contributed by atoms with Gasteiger partial charge in [-0.05, 0) is 31.9 Å². The van der Waals surface area contributed by atoms with Gasteiger partial charge in [-0.2, -0.15) is 0 Å². The fraction of sp³-hybridized carbons (Fsp3) is 0.353. The van der Waals surface area contributed by atoms with Gasteiger partial charge < -0.3 is 4.74 Å². The number of thiazole rings is 1. The van der Waals surface area contributed by atoms with E-state index in [4.69, 9.17) is 4.74 Å². The van der Waals surface area contributed by atoms with E-state index in [0.29, 0.717) is 40.4 Å². The van der Waals surface area contributed by atoms with Gasteiger partial charge >= 0.3 is 0 Å². The van der Waals surface area contributed by atoms with Crippen molar-refractivity contribution in [3.63, 3.8) is 0 Å². The van der Waals surface area contributed by atoms with Crippen molar-refractivity contribution in [2.24, 2.45) is 0 Å². The fourth-order valence-corrected chi connectivity index (χ4v) is 3.33. The smallest absolute Gasteiger partial charge is 0.276 e. The summed E-state index contributed by atoms with van der Waals surface area (Å²) in [6.07, 6.45) is 1.81. The van der Waals surface area contributed by atoms with Crippen molar-refractivity contribution in [3.05, 3.63) is 40.8 Å². The molecule has 0 aromatic carbocycles. The summed E-state index contributed by atoms with van der Waals surface area (Å²) >= 11 is 1.43. The van der Waals surface area contributed by atoms with E-state index in [-0.39, 0.29) is 5.91 Å². The number of nitrogens with zero attached hydrogens (tertiary/aromatic N) is 3. The molecule has 0 aliphatic heterocycles. The normalized spacial score (nSPS) is 11.2. The van der Waals surface area contributed by atoms with Gasteiger partial charge in [-0.3, -0.25) is 14.5 Å². The molecule has 1 amide bonds. The number of hydrogen-bond donors (Lipinski definition) is 1. The molecule has 126 valence electrons. The number of aryl methyl sites for hydroxylation is 1. The molecule has 0 saturated carbocycles. The average Bonchev–Trinajstić information content (AvgIpc) is 3.12. The summed E-state index contributed by atoms with van der Waals surface area (Å²) in [7, 11) is 0. The highest BCUT2D eigenvalue weighted by Gasteiger charge is 2.20. The average molecular weight is 344 g/mol. The van der Waals surface area contributed by atoms with Crippen LogP contribution in [-0.4, -0.2) is 26.9 Å². The van der Waals surface area contributed by atoms with Crippen molar-refractivity contribution in [3.8, 4) is 5.75 Å². The largest absolute Gasteiger partial charge is 0.490 e. The number of amides is 1. The van der Waals surface area contributed by atoms with Gasteiger partial charge in [0.1, 0.15) is 5.69 Å². The number of rotatable bonds is 5. The number of hydrogen-bond acceptors (Lipinski definition) is 5. The lowest BCUT2D eigenvalue weighted by molar-refractivity contribution is 0.102. The van der Waals surface area contributed by atoms with Crippen LogP contribution < -0.4 is 10.1 Å². The second-order valence-corrected chi connectivity index (χ2v) is 6.59. The van der Waals surface area contributed by atoms with Crippen molar-refractivity contribution in [1.82, 2.24) is 14.4 Å². The first-order valence-electron chi connectivity index (χ1n) is 7.88. The summed E-state index contributed by atoms with van der Waals surface area (Å²) in [5, 5.41) is 5.43. The molecule has 0 fully saturated rings. The number of nitrogens with one attached hydrogen (secondary N) is 1. The molecule has 3 aromatic rings. The monoisotopic (exact) mass is 344 g/mol. The maximum Gasteiger partial charge on any atom is 0.276 e. The lowest BCUT2D eigenvalue weighted by Gasteiger charge is -2.06. The fourth-order valence-electron chi connectivity index (χ4n) is 2.46. The summed E-state index contributed by atoms with van der Waals surface area (Å²) < 4.78 is 7.35. The van der Waals surface area contributed by atoms with Crippen molar-refractivity contribution in [2.75, 3.05) is 11.9 Å². The number of fused-ring (bicyclic) bond motifs is 1. The molecule has 24 heavy (non-hydrogen) atoms. The molecule has 0 radical (unpaired) electrons. The van der Waals surface area contributed by atoms with Gasteiger partial charge in [-0.25, -0.2) is 9.97 Å². The Bertz CT molecular complexity index is 882. The number of pyridine rings is 1. The van der Waals surface area contributed by atoms with E-state index < -0.39 is 0 Å². The van der Waals surface area contributed by atoms with E-state index in [2.05, 4.69) is 29.1 Å². The van der Waals surface area contributed by atoms with Crippen LogP contribution in [0.1, 0.15) is 48.6 Å². The Morgan fingerprint density at radius 3 is 2.88 bits per heavy atom. The van der Waals surface area contributed by atoms with Crippen LogP contribution in [0.4, 0.5) is 5.13 Å². The van der Waals surface area contributed by atoms with Crippen molar-refractivity contribution < 1.29 is 9.53 Å². The van der Waals surface area contributed by atoms with Gasteiger partial charge in [0.15, 0.2) is 16.5 Å². The van der Waals surface area contributed by atoms with Crippen LogP contribution in [0.25, 0.3) is 5.65 Å². The second-order valence-electron chi connectivity index (χ2n) is 5.73. The summed E-state index contributed by atoms with van der Waals surface area (Å²) in [5.74, 6) is 0.773. The van der Waals surface area contributed by atoms with Gasteiger partial charge in [0.25, 0.3) is 5.91 Å². The lowest BCUT2D eigenvalue weighted by Crippen LogP contribution is -2.15. The van der Waals surface area contributed by atoms with E-state index in [9.17, 15) is 4.79 Å². The van der Waals surface area contributed by atoms with Crippen LogP contribution in [0.3, 0.4) is 0 Å². The summed E-state index contributed by atoms with van der Waals surface area (Å²) in [5.41, 5.74) is 2.76. The predicted octanol–water partition coefficient (Wildman–Crippen LogP) is 3.87. The molecule has 0 atom stereocenters. The van der Waals surface area contributed by atoms with Gasteiger partial charge in [-0.1, -0.05) is 13.8 Å². The van der Waals surface area contributed by atoms with Gasteiger partial charge in [0.05, 0.1) is 18.0 Å². The second kappa shape index (κ2) is 6.60. The minimum absolute atomic E-state index is 0.224. The van der Waals surface area contributed by atoms with E-state index in [0.717, 1.165) is 5.69 Å². The first-order valence-corrected chi connectivity index (χ1v) is 8.76. The molecule has 0 unspecified atom stereocenters. The first-order chi connectivity index (χ1) is 11.5. The highest BCUT2D eigenvalue weighted by atomic mass is 32.1. The van der Waals surface area contributed by atoms with Gasteiger partial charge in [0, 0.05) is 11.6 Å². The third kappa shape index (κ3) is 2.99. The molecule has 0 aliphatic carbocycles. The molecule has 0 saturated heterocycles. The minimum Gasteiger partial charge on any atom is -0.490 e.